The fraction of sp³-hybridized carbons (Fsp3) is 0.286. The lowest BCUT2D eigenvalue weighted by Gasteiger charge is -2.05. The number of benzene rings is 2. The first kappa shape index (κ1) is 23.4. The first-order chi connectivity index (χ1) is 16.6. The zero-order valence-corrected chi connectivity index (χ0v) is 20.1. The molecule has 2 aromatic carbocycles. The van der Waals surface area contributed by atoms with Gasteiger partial charge in [0.05, 0.1) is 13.1 Å². The Morgan fingerprint density at radius 2 is 1.03 bits per heavy atom. The molecule has 0 spiro atoms. The molecule has 4 aromatic rings. The standard InChI is InChI=1S/C28H32N6/c1-5-21-9-13-23(14-10-21)19-33-27(7-3)29-25(31-33)17-18-26-30-28(8-4)34(32-26)20-24-15-11-22(6-2)12-16-24/h5-6,9-16H,1-2,7-8,17-20H2,3-4H3. The number of hydrogen-bond donors (Lipinski definition) is 0. The Kier molecular flexibility index (Phi) is 7.48. The third-order valence-electron chi connectivity index (χ3n) is 5.88. The fourth-order valence-corrected chi connectivity index (χ4v) is 3.93. The largest absolute Gasteiger partial charge is 0.245 e. The van der Waals surface area contributed by atoms with Crippen molar-refractivity contribution < 1.29 is 0 Å². The summed E-state index contributed by atoms with van der Waals surface area (Å²) in [5.41, 5.74) is 4.63. The van der Waals surface area contributed by atoms with Crippen LogP contribution in [0.25, 0.3) is 12.2 Å². The molecular formula is C28H32N6. The summed E-state index contributed by atoms with van der Waals surface area (Å²) in [4.78, 5) is 9.54. The van der Waals surface area contributed by atoms with Crippen LogP contribution in [0.5, 0.6) is 0 Å². The molecule has 6 nitrogen and oxygen atoms in total. The summed E-state index contributed by atoms with van der Waals surface area (Å²) in [6, 6.07) is 16.8. The maximum Gasteiger partial charge on any atom is 0.151 e. The van der Waals surface area contributed by atoms with Gasteiger partial charge in [0.2, 0.25) is 0 Å². The third-order valence-corrected chi connectivity index (χ3v) is 5.88. The Bertz CT molecular complexity index is 1150. The van der Waals surface area contributed by atoms with E-state index in [1.54, 1.807) is 0 Å². The smallest absolute Gasteiger partial charge is 0.151 e. The van der Waals surface area contributed by atoms with Gasteiger partial charge >= 0.3 is 0 Å². The highest BCUT2D eigenvalue weighted by Crippen LogP contribution is 2.12. The van der Waals surface area contributed by atoms with E-state index in [9.17, 15) is 0 Å². The molecule has 4 rings (SSSR count). The van der Waals surface area contributed by atoms with Gasteiger partial charge in [0.15, 0.2) is 11.6 Å². The maximum atomic E-state index is 4.78. The lowest BCUT2D eigenvalue weighted by atomic mass is 10.1. The van der Waals surface area contributed by atoms with Crippen molar-refractivity contribution in [1.82, 2.24) is 29.5 Å². The molecule has 2 aromatic heterocycles. The van der Waals surface area contributed by atoms with Gasteiger partial charge in [0.1, 0.15) is 11.6 Å². The second-order valence-electron chi connectivity index (χ2n) is 8.30. The number of aryl methyl sites for hydroxylation is 4. The molecule has 0 radical (unpaired) electrons. The molecule has 0 saturated carbocycles. The van der Waals surface area contributed by atoms with E-state index in [0.717, 1.165) is 60.1 Å². The van der Waals surface area contributed by atoms with Crippen LogP contribution in [-0.4, -0.2) is 29.5 Å². The Morgan fingerprint density at radius 1 is 0.647 bits per heavy atom. The summed E-state index contributed by atoms with van der Waals surface area (Å²) in [6.07, 6.45) is 6.83. The maximum absolute atomic E-state index is 4.78. The van der Waals surface area contributed by atoms with E-state index in [-0.39, 0.29) is 0 Å². The van der Waals surface area contributed by atoms with Crippen molar-refractivity contribution in [2.75, 3.05) is 0 Å². The van der Waals surface area contributed by atoms with Gasteiger partial charge in [-0.1, -0.05) is 87.7 Å². The predicted molar refractivity (Wildman–Crippen MR) is 137 cm³/mol. The summed E-state index contributed by atoms with van der Waals surface area (Å²) in [5.74, 6) is 3.68. The van der Waals surface area contributed by atoms with E-state index in [0.29, 0.717) is 13.1 Å². The molecule has 0 aliphatic rings. The van der Waals surface area contributed by atoms with E-state index in [1.165, 1.54) is 11.1 Å². The molecule has 34 heavy (non-hydrogen) atoms. The summed E-state index contributed by atoms with van der Waals surface area (Å²) >= 11 is 0. The average molecular weight is 453 g/mol. The zero-order valence-electron chi connectivity index (χ0n) is 20.1. The summed E-state index contributed by atoms with van der Waals surface area (Å²) in [7, 11) is 0. The van der Waals surface area contributed by atoms with Crippen molar-refractivity contribution in [3.8, 4) is 0 Å². The molecule has 0 N–H and O–H groups in total. The SMILES string of the molecule is C=Cc1ccc(Cn2nc(CCc3nc(CC)n(Cc4ccc(C=C)cc4)n3)nc2CC)cc1. The number of hydrogen-bond acceptors (Lipinski definition) is 4. The van der Waals surface area contributed by atoms with Gasteiger partial charge < -0.3 is 0 Å². The minimum Gasteiger partial charge on any atom is -0.245 e. The minimum absolute atomic E-state index is 0.713. The van der Waals surface area contributed by atoms with Crippen molar-refractivity contribution in [3.05, 3.63) is 107 Å². The van der Waals surface area contributed by atoms with Crippen molar-refractivity contribution in [1.29, 1.82) is 0 Å². The predicted octanol–water partition coefficient (Wildman–Crippen LogP) is 5.16. The van der Waals surface area contributed by atoms with Crippen molar-refractivity contribution in [2.24, 2.45) is 0 Å². The second-order valence-corrected chi connectivity index (χ2v) is 8.30. The highest BCUT2D eigenvalue weighted by Gasteiger charge is 2.13. The van der Waals surface area contributed by atoms with E-state index in [1.807, 2.05) is 21.5 Å². The molecule has 0 fully saturated rings. The number of rotatable bonds is 11. The Hall–Kier alpha value is -3.80. The quantitative estimate of drug-likeness (QED) is 0.315. The molecule has 174 valence electrons. The summed E-state index contributed by atoms with van der Waals surface area (Å²) in [5, 5.41) is 9.56. The molecular weight excluding hydrogens is 420 g/mol. The number of aromatic nitrogens is 6. The Labute approximate surface area is 201 Å². The normalized spacial score (nSPS) is 11.0. The molecule has 0 saturated heterocycles. The van der Waals surface area contributed by atoms with Gasteiger partial charge in [0, 0.05) is 25.7 Å². The first-order valence-corrected chi connectivity index (χ1v) is 11.9. The van der Waals surface area contributed by atoms with Crippen LogP contribution in [0.1, 0.15) is 59.4 Å². The summed E-state index contributed by atoms with van der Waals surface area (Å²) in [6.45, 7) is 13.3. The van der Waals surface area contributed by atoms with Crippen LogP contribution < -0.4 is 0 Å². The average Bonchev–Trinajstić information content (AvgIpc) is 3.46. The van der Waals surface area contributed by atoms with E-state index in [4.69, 9.17) is 20.2 Å². The molecule has 0 aliphatic carbocycles. The topological polar surface area (TPSA) is 61.4 Å². The lowest BCUT2D eigenvalue weighted by molar-refractivity contribution is 0.628. The molecule has 6 heteroatoms. The molecule has 0 unspecified atom stereocenters. The van der Waals surface area contributed by atoms with Gasteiger partial charge in [0.25, 0.3) is 0 Å². The fourth-order valence-electron chi connectivity index (χ4n) is 3.93. The lowest BCUT2D eigenvalue weighted by Crippen LogP contribution is -2.07. The van der Waals surface area contributed by atoms with Crippen LogP contribution in [0.15, 0.2) is 61.7 Å². The van der Waals surface area contributed by atoms with Crippen LogP contribution in [0.2, 0.25) is 0 Å². The Balaban J connectivity index is 1.43. The molecule has 2 heterocycles. The monoisotopic (exact) mass is 452 g/mol. The minimum atomic E-state index is 0.713. The van der Waals surface area contributed by atoms with Crippen LogP contribution >= 0.6 is 0 Å². The van der Waals surface area contributed by atoms with Crippen LogP contribution in [-0.2, 0) is 38.8 Å². The van der Waals surface area contributed by atoms with E-state index < -0.39 is 0 Å². The van der Waals surface area contributed by atoms with Gasteiger partial charge in [-0.2, -0.15) is 10.2 Å². The van der Waals surface area contributed by atoms with Gasteiger partial charge in [-0.05, 0) is 22.3 Å². The Morgan fingerprint density at radius 3 is 1.35 bits per heavy atom. The second kappa shape index (κ2) is 10.9. The van der Waals surface area contributed by atoms with Crippen molar-refractivity contribution in [2.45, 2.75) is 52.6 Å². The van der Waals surface area contributed by atoms with Gasteiger partial charge in [-0.3, -0.25) is 0 Å². The van der Waals surface area contributed by atoms with Crippen molar-refractivity contribution in [3.63, 3.8) is 0 Å². The zero-order chi connectivity index (χ0) is 23.9. The van der Waals surface area contributed by atoms with Crippen LogP contribution in [0.4, 0.5) is 0 Å². The molecule has 0 bridgehead atoms. The van der Waals surface area contributed by atoms with E-state index >= 15 is 0 Å². The molecule has 0 atom stereocenters. The van der Waals surface area contributed by atoms with Gasteiger partial charge in [-0.25, -0.2) is 19.3 Å². The summed E-state index contributed by atoms with van der Waals surface area (Å²) < 4.78 is 4.02. The first-order valence-electron chi connectivity index (χ1n) is 11.9. The highest BCUT2D eigenvalue weighted by atomic mass is 15.4. The molecule has 0 aliphatic heterocycles. The third kappa shape index (κ3) is 5.57. The van der Waals surface area contributed by atoms with Gasteiger partial charge in [-0.15, -0.1) is 0 Å². The number of nitrogens with zero attached hydrogens (tertiary/aromatic N) is 6. The van der Waals surface area contributed by atoms with Crippen molar-refractivity contribution >= 4 is 12.2 Å². The highest BCUT2D eigenvalue weighted by molar-refractivity contribution is 5.47. The van der Waals surface area contributed by atoms with Crippen LogP contribution in [0, 0.1) is 0 Å². The van der Waals surface area contributed by atoms with E-state index in [2.05, 4.69) is 75.5 Å². The van der Waals surface area contributed by atoms with Crippen LogP contribution in [0.3, 0.4) is 0 Å². The molecule has 0 amide bonds.